The third-order valence-electron chi connectivity index (χ3n) is 4.27. The molecule has 0 saturated carbocycles. The molecule has 1 aromatic carbocycles. The van der Waals surface area contributed by atoms with E-state index in [1.807, 2.05) is 0 Å². The van der Waals surface area contributed by atoms with Crippen LogP contribution in [0.3, 0.4) is 0 Å². The van der Waals surface area contributed by atoms with Crippen LogP contribution in [0.1, 0.15) is 57.9 Å². The Labute approximate surface area is 123 Å². The molecule has 0 amide bonds. The fourth-order valence-corrected chi connectivity index (χ4v) is 3.32. The fraction of sp³-hybridized carbons (Fsp3) is 0.667. The normalized spacial score (nSPS) is 20.9. The molecule has 0 bridgehead atoms. The predicted octanol–water partition coefficient (Wildman–Crippen LogP) is 4.36. The van der Waals surface area contributed by atoms with E-state index in [4.69, 9.17) is 4.74 Å². The Balaban J connectivity index is 1.87. The van der Waals surface area contributed by atoms with Gasteiger partial charge < -0.3 is 10.1 Å². The lowest BCUT2D eigenvalue weighted by Crippen LogP contribution is -2.29. The second-order valence-electron chi connectivity index (χ2n) is 6.30. The summed E-state index contributed by atoms with van der Waals surface area (Å²) < 4.78 is 5.76. The van der Waals surface area contributed by atoms with Gasteiger partial charge in [-0.3, -0.25) is 0 Å². The van der Waals surface area contributed by atoms with Gasteiger partial charge in [-0.15, -0.1) is 0 Å². The first kappa shape index (κ1) is 15.4. The molecule has 112 valence electrons. The van der Waals surface area contributed by atoms with Crippen LogP contribution in [-0.2, 0) is 0 Å². The van der Waals surface area contributed by atoms with Crippen molar-refractivity contribution in [2.45, 2.75) is 58.4 Å². The van der Waals surface area contributed by atoms with Gasteiger partial charge in [-0.25, -0.2) is 0 Å². The van der Waals surface area contributed by atoms with Crippen LogP contribution in [0.25, 0.3) is 0 Å². The molecule has 1 N–H and O–H groups in total. The summed E-state index contributed by atoms with van der Waals surface area (Å²) in [7, 11) is 0. The molecule has 0 radical (unpaired) electrons. The fourth-order valence-electron chi connectivity index (χ4n) is 3.32. The van der Waals surface area contributed by atoms with E-state index in [2.05, 4.69) is 50.4 Å². The van der Waals surface area contributed by atoms with Crippen molar-refractivity contribution in [3.63, 3.8) is 0 Å². The van der Waals surface area contributed by atoms with Gasteiger partial charge in [-0.1, -0.05) is 32.0 Å². The molecular weight excluding hydrogens is 246 g/mol. The van der Waals surface area contributed by atoms with Crippen molar-refractivity contribution < 1.29 is 4.74 Å². The van der Waals surface area contributed by atoms with E-state index < -0.39 is 0 Å². The van der Waals surface area contributed by atoms with E-state index in [9.17, 15) is 0 Å². The second-order valence-corrected chi connectivity index (χ2v) is 6.30. The summed E-state index contributed by atoms with van der Waals surface area (Å²) in [5.74, 6) is 2.53. The molecule has 0 fully saturated rings. The molecule has 1 aliphatic rings. The molecule has 2 nitrogen and oxygen atoms in total. The molecule has 2 heteroatoms. The Kier molecular flexibility index (Phi) is 5.90. The summed E-state index contributed by atoms with van der Waals surface area (Å²) in [6.07, 6.45) is 4.92. The van der Waals surface area contributed by atoms with Crippen LogP contribution in [0, 0.1) is 5.92 Å². The number of ether oxygens (including phenoxy) is 1. The second kappa shape index (κ2) is 7.68. The summed E-state index contributed by atoms with van der Waals surface area (Å²) >= 11 is 0. The third-order valence-corrected chi connectivity index (χ3v) is 4.27. The monoisotopic (exact) mass is 275 g/mol. The van der Waals surface area contributed by atoms with Crippen LogP contribution in [0.4, 0.5) is 0 Å². The molecule has 0 aliphatic carbocycles. The SMILES string of the molecule is CCCNC(C)CC(C)CC1CCOc2ccccc21. The first-order valence-electron chi connectivity index (χ1n) is 8.15. The van der Waals surface area contributed by atoms with E-state index in [0.717, 1.165) is 31.2 Å². The van der Waals surface area contributed by atoms with Crippen molar-refractivity contribution in [2.75, 3.05) is 13.2 Å². The highest BCUT2D eigenvalue weighted by Gasteiger charge is 2.23. The molecule has 0 saturated heterocycles. The van der Waals surface area contributed by atoms with Crippen LogP contribution in [0.5, 0.6) is 5.75 Å². The highest BCUT2D eigenvalue weighted by molar-refractivity contribution is 5.37. The van der Waals surface area contributed by atoms with Crippen molar-refractivity contribution in [3.05, 3.63) is 29.8 Å². The molecule has 1 aliphatic heterocycles. The summed E-state index contributed by atoms with van der Waals surface area (Å²) in [6, 6.07) is 9.18. The Morgan fingerprint density at radius 3 is 2.90 bits per heavy atom. The minimum absolute atomic E-state index is 0.625. The Hall–Kier alpha value is -1.02. The van der Waals surface area contributed by atoms with Crippen molar-refractivity contribution >= 4 is 0 Å². The van der Waals surface area contributed by atoms with Crippen LogP contribution < -0.4 is 10.1 Å². The number of hydrogen-bond donors (Lipinski definition) is 1. The average Bonchev–Trinajstić information content (AvgIpc) is 2.45. The van der Waals surface area contributed by atoms with E-state index in [1.54, 1.807) is 0 Å². The van der Waals surface area contributed by atoms with Crippen molar-refractivity contribution in [1.82, 2.24) is 5.32 Å². The van der Waals surface area contributed by atoms with Gasteiger partial charge in [-0.2, -0.15) is 0 Å². The number of nitrogens with one attached hydrogen (secondary N) is 1. The minimum atomic E-state index is 0.625. The summed E-state index contributed by atoms with van der Waals surface area (Å²) in [6.45, 7) is 8.93. The average molecular weight is 275 g/mol. The zero-order chi connectivity index (χ0) is 14.4. The number of rotatable bonds is 7. The van der Waals surface area contributed by atoms with Gasteiger partial charge in [0.05, 0.1) is 6.61 Å². The van der Waals surface area contributed by atoms with E-state index >= 15 is 0 Å². The summed E-state index contributed by atoms with van der Waals surface area (Å²) in [5.41, 5.74) is 1.42. The standard InChI is InChI=1S/C18H29NO/c1-4-10-19-15(3)12-14(2)13-16-9-11-20-18-8-6-5-7-17(16)18/h5-8,14-16,19H,4,9-13H2,1-3H3. The van der Waals surface area contributed by atoms with Gasteiger partial charge in [-0.05, 0) is 62.6 Å². The van der Waals surface area contributed by atoms with Crippen LogP contribution in [0.15, 0.2) is 24.3 Å². The number of hydrogen-bond acceptors (Lipinski definition) is 2. The maximum Gasteiger partial charge on any atom is 0.122 e. The zero-order valence-corrected chi connectivity index (χ0v) is 13.2. The maximum atomic E-state index is 5.76. The zero-order valence-electron chi connectivity index (χ0n) is 13.2. The smallest absolute Gasteiger partial charge is 0.122 e. The molecule has 0 aromatic heterocycles. The lowest BCUT2D eigenvalue weighted by atomic mass is 9.83. The molecule has 1 heterocycles. The number of fused-ring (bicyclic) bond motifs is 1. The maximum absolute atomic E-state index is 5.76. The minimum Gasteiger partial charge on any atom is -0.493 e. The lowest BCUT2D eigenvalue weighted by molar-refractivity contribution is 0.249. The number of benzene rings is 1. The van der Waals surface area contributed by atoms with Gasteiger partial charge in [0, 0.05) is 6.04 Å². The van der Waals surface area contributed by atoms with Crippen LogP contribution >= 0.6 is 0 Å². The van der Waals surface area contributed by atoms with E-state index in [0.29, 0.717) is 12.0 Å². The first-order chi connectivity index (χ1) is 9.70. The molecule has 1 aromatic rings. The van der Waals surface area contributed by atoms with Crippen LogP contribution in [0.2, 0.25) is 0 Å². The molecule has 0 spiro atoms. The highest BCUT2D eigenvalue weighted by Crippen LogP contribution is 2.37. The highest BCUT2D eigenvalue weighted by atomic mass is 16.5. The molecular formula is C18H29NO. The number of para-hydroxylation sites is 1. The van der Waals surface area contributed by atoms with Gasteiger partial charge in [0.2, 0.25) is 0 Å². The molecule has 3 atom stereocenters. The third kappa shape index (κ3) is 4.24. The van der Waals surface area contributed by atoms with Gasteiger partial charge in [0.1, 0.15) is 5.75 Å². The summed E-state index contributed by atoms with van der Waals surface area (Å²) in [5, 5.41) is 3.59. The Morgan fingerprint density at radius 1 is 1.30 bits per heavy atom. The largest absolute Gasteiger partial charge is 0.493 e. The Bertz CT molecular complexity index is 404. The molecule has 3 unspecified atom stereocenters. The molecule has 2 rings (SSSR count). The van der Waals surface area contributed by atoms with Crippen molar-refractivity contribution in [2.24, 2.45) is 5.92 Å². The van der Waals surface area contributed by atoms with E-state index in [1.165, 1.54) is 24.8 Å². The lowest BCUT2D eigenvalue weighted by Gasteiger charge is -2.29. The van der Waals surface area contributed by atoms with Gasteiger partial charge >= 0.3 is 0 Å². The van der Waals surface area contributed by atoms with Gasteiger partial charge in [0.25, 0.3) is 0 Å². The predicted molar refractivity (Wildman–Crippen MR) is 85.4 cm³/mol. The van der Waals surface area contributed by atoms with Crippen LogP contribution in [-0.4, -0.2) is 19.2 Å². The van der Waals surface area contributed by atoms with Crippen molar-refractivity contribution in [1.29, 1.82) is 0 Å². The van der Waals surface area contributed by atoms with E-state index in [-0.39, 0.29) is 0 Å². The summed E-state index contributed by atoms with van der Waals surface area (Å²) in [4.78, 5) is 0. The first-order valence-corrected chi connectivity index (χ1v) is 8.15. The van der Waals surface area contributed by atoms with Gasteiger partial charge in [0.15, 0.2) is 0 Å². The quantitative estimate of drug-likeness (QED) is 0.798. The van der Waals surface area contributed by atoms with Crippen molar-refractivity contribution in [3.8, 4) is 5.75 Å². The molecule has 20 heavy (non-hydrogen) atoms. The Morgan fingerprint density at radius 2 is 2.10 bits per heavy atom. The topological polar surface area (TPSA) is 21.3 Å².